The minimum atomic E-state index is -1.03. The highest BCUT2D eigenvalue weighted by molar-refractivity contribution is 6.55. The first-order valence-corrected chi connectivity index (χ1v) is 7.60. The lowest BCUT2D eigenvalue weighted by Gasteiger charge is -2.16. The van der Waals surface area contributed by atoms with Gasteiger partial charge in [0.15, 0.2) is 5.78 Å². The lowest BCUT2D eigenvalue weighted by atomic mass is 10.1. The highest BCUT2D eigenvalue weighted by atomic mass is 16.6. The van der Waals surface area contributed by atoms with Gasteiger partial charge in [0.25, 0.3) is 0 Å². The number of carbonyl (C=O) groups is 3. The molecule has 1 fully saturated rings. The number of hydrogen-bond acceptors (Lipinski definition) is 8. The summed E-state index contributed by atoms with van der Waals surface area (Å²) in [6.07, 6.45) is -0.301. The van der Waals surface area contributed by atoms with Crippen LogP contribution < -0.4 is 10.4 Å². The Balaban J connectivity index is 1.97. The van der Waals surface area contributed by atoms with Gasteiger partial charge in [-0.25, -0.2) is 0 Å². The third kappa shape index (κ3) is 6.04. The Bertz CT molecular complexity index is 660. The Labute approximate surface area is 145 Å². The molecule has 1 heterocycles. The molecule has 2 atom stereocenters. The van der Waals surface area contributed by atoms with E-state index >= 15 is 0 Å². The first kappa shape index (κ1) is 18.7. The summed E-state index contributed by atoms with van der Waals surface area (Å²) in [5, 5.41) is 13.5. The Kier molecular flexibility index (Phi) is 6.70. The molecule has 1 saturated heterocycles. The summed E-state index contributed by atoms with van der Waals surface area (Å²) < 4.78 is 9.98. The van der Waals surface area contributed by atoms with Crippen molar-refractivity contribution in [2.45, 2.75) is 18.5 Å². The Hall–Kier alpha value is -2.68. The monoisotopic (exact) mass is 343 g/mol. The predicted molar refractivity (Wildman–Crippen MR) is 86.1 cm³/mol. The Morgan fingerprint density at radius 2 is 1.92 bits per heavy atom. The number of ether oxygens (including phenoxy) is 2. The van der Waals surface area contributed by atoms with E-state index in [-0.39, 0.29) is 32.0 Å². The first-order chi connectivity index (χ1) is 12.0. The smallest absolute Gasteiger partial charge is 0.323 e. The zero-order valence-electron chi connectivity index (χ0n) is 13.3. The minimum Gasteiger partial charge on any atom is -0.870 e. The molecule has 0 amide bonds. The lowest BCUT2D eigenvalue weighted by molar-refractivity contribution is -0.208. The first-order valence-electron chi connectivity index (χ1n) is 7.60. The quantitative estimate of drug-likeness (QED) is 0.229. The number of rotatable bonds is 5. The molecule has 0 spiro atoms. The normalized spacial score (nSPS) is 22.2. The average molecular weight is 343 g/mol. The molecule has 9 heteroatoms. The summed E-state index contributed by atoms with van der Waals surface area (Å²) in [5.41, 5.74) is 0.481. The highest BCUT2D eigenvalue weighted by Crippen LogP contribution is 2.07. The molecule has 1 N–H and O–H groups in total. The van der Waals surface area contributed by atoms with E-state index in [1.165, 1.54) is 0 Å². The summed E-state index contributed by atoms with van der Waals surface area (Å²) in [6.45, 7) is -0.614. The fraction of sp³-hybridized carbons (Fsp3) is 0.375. The molecule has 2 rings (SSSR count). The number of carbonyl (C=O) groups excluding carboxylic acids is 3. The van der Waals surface area contributed by atoms with Crippen molar-refractivity contribution in [2.75, 3.05) is 19.8 Å². The van der Waals surface area contributed by atoms with Crippen molar-refractivity contribution in [1.82, 2.24) is 5.32 Å². The van der Waals surface area contributed by atoms with Gasteiger partial charge in [0.1, 0.15) is 33.1 Å². The topological polar surface area (TPSA) is 117 Å². The number of nitrogens with zero attached hydrogens (tertiary/aromatic N) is 1. The van der Waals surface area contributed by atoms with Crippen LogP contribution in [0.15, 0.2) is 35.3 Å². The molecule has 2 unspecified atom stereocenters. The Morgan fingerprint density at radius 1 is 1.24 bits per heavy atom. The van der Waals surface area contributed by atoms with Gasteiger partial charge in [-0.15, -0.1) is 0 Å². The van der Waals surface area contributed by atoms with Gasteiger partial charge >= 0.3 is 11.9 Å². The van der Waals surface area contributed by atoms with Gasteiger partial charge in [-0.1, -0.05) is 36.1 Å². The molecule has 1 aliphatic heterocycles. The number of esters is 2. The molecule has 130 valence electrons. The van der Waals surface area contributed by atoms with Crippen molar-refractivity contribution in [3.8, 4) is 0 Å². The van der Waals surface area contributed by atoms with Gasteiger partial charge < -0.3 is 19.6 Å². The van der Waals surface area contributed by atoms with Crippen molar-refractivity contribution < 1.29 is 29.0 Å². The average Bonchev–Trinajstić information content (AvgIpc) is 2.65. The molecular formula is C16H16BN2O6-. The molecule has 1 aromatic rings. The van der Waals surface area contributed by atoms with Crippen molar-refractivity contribution in [3.05, 3.63) is 35.9 Å². The summed E-state index contributed by atoms with van der Waals surface area (Å²) in [6, 6.07) is 6.64. The number of benzene rings is 1. The van der Waals surface area contributed by atoms with E-state index in [4.69, 9.17) is 17.3 Å². The Morgan fingerprint density at radius 3 is 2.60 bits per heavy atom. The van der Waals surface area contributed by atoms with Crippen LogP contribution in [0, 0.1) is 0 Å². The minimum absolute atomic E-state index is 0.147. The predicted octanol–water partition coefficient (Wildman–Crippen LogP) is -1.43. The fourth-order valence-electron chi connectivity index (χ4n) is 2.18. The summed E-state index contributed by atoms with van der Waals surface area (Å²) >= 11 is 0. The van der Waals surface area contributed by atoms with Crippen molar-refractivity contribution in [1.29, 1.82) is 0 Å². The summed E-state index contributed by atoms with van der Waals surface area (Å²) in [5.74, 6) is -2.58. The second-order valence-electron chi connectivity index (χ2n) is 5.36. The lowest BCUT2D eigenvalue weighted by Crippen LogP contribution is -2.42. The number of ketones is 1. The second kappa shape index (κ2) is 8.98. The number of cyclic esters (lactones) is 2. The molecule has 2 radical (unpaired) electrons. The van der Waals surface area contributed by atoms with Crippen LogP contribution in [0.5, 0.6) is 0 Å². The zero-order valence-corrected chi connectivity index (χ0v) is 13.3. The molecular weight excluding hydrogens is 327 g/mol. The molecule has 0 bridgehead atoms. The maximum absolute atomic E-state index is 12.1. The van der Waals surface area contributed by atoms with Gasteiger partial charge in [0.05, 0.1) is 13.0 Å². The highest BCUT2D eigenvalue weighted by Gasteiger charge is 2.28. The molecule has 8 nitrogen and oxygen atoms in total. The van der Waals surface area contributed by atoms with Gasteiger partial charge in [0.2, 0.25) is 0 Å². The van der Waals surface area contributed by atoms with Crippen LogP contribution in [0.1, 0.15) is 16.8 Å². The van der Waals surface area contributed by atoms with Crippen LogP contribution in [0.25, 0.3) is 0 Å². The third-order valence-electron chi connectivity index (χ3n) is 3.42. The van der Waals surface area contributed by atoms with Crippen molar-refractivity contribution in [3.63, 3.8) is 0 Å². The van der Waals surface area contributed by atoms with Crippen LogP contribution >= 0.6 is 0 Å². The molecule has 25 heavy (non-hydrogen) atoms. The van der Waals surface area contributed by atoms with E-state index in [1.54, 1.807) is 30.3 Å². The van der Waals surface area contributed by atoms with Crippen LogP contribution in [0.3, 0.4) is 0 Å². The van der Waals surface area contributed by atoms with E-state index in [1.807, 2.05) is 0 Å². The fourth-order valence-corrected chi connectivity index (χ4v) is 2.18. The summed E-state index contributed by atoms with van der Waals surface area (Å²) in [4.78, 5) is 39.4. The van der Waals surface area contributed by atoms with Gasteiger partial charge in [-0.05, 0) is 0 Å². The number of nitrogens with one attached hydrogen (secondary N) is 1. The second-order valence-corrected chi connectivity index (χ2v) is 5.36. The van der Waals surface area contributed by atoms with Crippen LogP contribution in [0.2, 0.25) is 0 Å². The maximum Gasteiger partial charge on any atom is 0.323 e. The maximum atomic E-state index is 12.1. The standard InChI is InChI=1S/C16H17BN2O6/c17-16(23)19-11-8-24-14(21)6-12(15(22)25-9-11)18-7-13(20)10-4-2-1-3-5-10/h1-5,11-12,18H,6-9H2,(H,19,23)/p-1. The van der Waals surface area contributed by atoms with E-state index in [9.17, 15) is 19.5 Å². The van der Waals surface area contributed by atoms with Crippen LogP contribution in [-0.2, 0) is 19.1 Å². The van der Waals surface area contributed by atoms with E-state index in [0.29, 0.717) is 5.56 Å². The summed E-state index contributed by atoms with van der Waals surface area (Å²) in [7, 11) is 4.95. The van der Waals surface area contributed by atoms with Crippen LogP contribution in [0.4, 0.5) is 0 Å². The zero-order chi connectivity index (χ0) is 18.2. The molecule has 0 aliphatic carbocycles. The van der Waals surface area contributed by atoms with Crippen LogP contribution in [-0.4, -0.2) is 63.2 Å². The molecule has 1 aliphatic rings. The van der Waals surface area contributed by atoms with Gasteiger partial charge in [-0.3, -0.25) is 19.7 Å². The largest absolute Gasteiger partial charge is 0.870 e. The molecule has 0 saturated carbocycles. The van der Waals surface area contributed by atoms with E-state index in [0.717, 1.165) is 0 Å². The SMILES string of the molecule is [B]C([O-])=NC1COC(=O)CC(NCC(=O)c2ccccc2)C(=O)OC1. The third-order valence-corrected chi connectivity index (χ3v) is 3.42. The number of aliphatic imine (C=N–C) groups is 1. The van der Waals surface area contributed by atoms with E-state index in [2.05, 4.69) is 10.3 Å². The molecule has 0 aromatic heterocycles. The van der Waals surface area contributed by atoms with Gasteiger partial charge in [0, 0.05) is 5.56 Å². The number of hydrogen-bond donors (Lipinski definition) is 1. The van der Waals surface area contributed by atoms with Crippen molar-refractivity contribution >= 4 is 31.4 Å². The molecule has 1 aromatic carbocycles. The number of Topliss-reactive ketones (excluding diaryl/α,β-unsaturated/α-hetero) is 1. The van der Waals surface area contributed by atoms with Gasteiger partial charge in [-0.2, -0.15) is 0 Å². The van der Waals surface area contributed by atoms with Crippen molar-refractivity contribution in [2.24, 2.45) is 4.99 Å². The van der Waals surface area contributed by atoms with E-state index < -0.39 is 29.8 Å².